The van der Waals surface area contributed by atoms with E-state index in [0.29, 0.717) is 12.1 Å². The van der Waals surface area contributed by atoms with Crippen molar-refractivity contribution >= 4 is 5.69 Å². The standard InChI is InChI=1S/C16H27N3/c1-12(17)9-15-5-7-16(8-6-15)19-10-13(2)18(4)14(3)11-19/h5-8,12-14H,9-11,17H2,1-4H3. The zero-order valence-corrected chi connectivity index (χ0v) is 12.6. The van der Waals surface area contributed by atoms with Crippen LogP contribution in [-0.2, 0) is 6.42 Å². The molecule has 3 unspecified atom stereocenters. The summed E-state index contributed by atoms with van der Waals surface area (Å²) in [6.45, 7) is 8.86. The van der Waals surface area contributed by atoms with E-state index in [-0.39, 0.29) is 6.04 Å². The van der Waals surface area contributed by atoms with Gasteiger partial charge in [0.05, 0.1) is 0 Å². The number of anilines is 1. The van der Waals surface area contributed by atoms with Crippen LogP contribution in [0, 0.1) is 0 Å². The smallest absolute Gasteiger partial charge is 0.0367 e. The van der Waals surface area contributed by atoms with Gasteiger partial charge in [0.15, 0.2) is 0 Å². The molecular formula is C16H27N3. The number of piperazine rings is 1. The largest absolute Gasteiger partial charge is 0.368 e. The van der Waals surface area contributed by atoms with E-state index in [9.17, 15) is 0 Å². The molecule has 1 aliphatic rings. The van der Waals surface area contributed by atoms with Crippen LogP contribution in [-0.4, -0.2) is 43.2 Å². The summed E-state index contributed by atoms with van der Waals surface area (Å²) in [6, 6.07) is 10.3. The third-order valence-corrected chi connectivity index (χ3v) is 4.22. The molecule has 1 saturated heterocycles. The van der Waals surface area contributed by atoms with E-state index < -0.39 is 0 Å². The molecule has 1 fully saturated rings. The average molecular weight is 261 g/mol. The molecule has 1 aliphatic heterocycles. The van der Waals surface area contributed by atoms with Gasteiger partial charge in [-0.05, 0) is 51.9 Å². The molecule has 19 heavy (non-hydrogen) atoms. The van der Waals surface area contributed by atoms with E-state index in [4.69, 9.17) is 5.73 Å². The number of rotatable bonds is 3. The molecule has 1 aromatic rings. The second kappa shape index (κ2) is 5.93. The predicted molar refractivity (Wildman–Crippen MR) is 82.7 cm³/mol. The highest BCUT2D eigenvalue weighted by Gasteiger charge is 2.26. The van der Waals surface area contributed by atoms with E-state index in [2.05, 4.69) is 61.9 Å². The molecule has 3 heteroatoms. The highest BCUT2D eigenvalue weighted by molar-refractivity contribution is 5.48. The van der Waals surface area contributed by atoms with Crippen molar-refractivity contribution in [2.45, 2.75) is 45.3 Å². The lowest BCUT2D eigenvalue weighted by molar-refractivity contribution is 0.170. The van der Waals surface area contributed by atoms with E-state index in [1.54, 1.807) is 0 Å². The lowest BCUT2D eigenvalue weighted by Gasteiger charge is -2.43. The van der Waals surface area contributed by atoms with Gasteiger partial charge in [-0.1, -0.05) is 12.1 Å². The Kier molecular flexibility index (Phi) is 4.48. The molecule has 1 aromatic carbocycles. The van der Waals surface area contributed by atoms with Crippen molar-refractivity contribution in [1.29, 1.82) is 0 Å². The second-order valence-corrected chi connectivity index (χ2v) is 6.12. The van der Waals surface area contributed by atoms with E-state index in [1.165, 1.54) is 11.3 Å². The Balaban J connectivity index is 2.06. The molecule has 0 aliphatic carbocycles. The summed E-state index contributed by atoms with van der Waals surface area (Å²) in [4.78, 5) is 4.95. The normalized spacial score (nSPS) is 26.5. The highest BCUT2D eigenvalue weighted by Crippen LogP contribution is 2.22. The maximum absolute atomic E-state index is 5.84. The van der Waals surface area contributed by atoms with Gasteiger partial charge >= 0.3 is 0 Å². The predicted octanol–water partition coefficient (Wildman–Crippen LogP) is 2.11. The Morgan fingerprint density at radius 3 is 2.16 bits per heavy atom. The van der Waals surface area contributed by atoms with Crippen molar-refractivity contribution in [3.05, 3.63) is 29.8 Å². The van der Waals surface area contributed by atoms with Gasteiger partial charge in [-0.3, -0.25) is 4.90 Å². The molecule has 0 amide bonds. The first kappa shape index (κ1) is 14.4. The number of hydrogen-bond donors (Lipinski definition) is 1. The minimum Gasteiger partial charge on any atom is -0.368 e. The van der Waals surface area contributed by atoms with Crippen molar-refractivity contribution in [1.82, 2.24) is 4.90 Å². The van der Waals surface area contributed by atoms with Crippen LogP contribution in [0.3, 0.4) is 0 Å². The van der Waals surface area contributed by atoms with Crippen LogP contribution in [0.5, 0.6) is 0 Å². The Morgan fingerprint density at radius 1 is 1.16 bits per heavy atom. The Hall–Kier alpha value is -1.06. The maximum Gasteiger partial charge on any atom is 0.0367 e. The molecule has 3 nitrogen and oxygen atoms in total. The number of hydrogen-bond acceptors (Lipinski definition) is 3. The molecule has 0 bridgehead atoms. The van der Waals surface area contributed by atoms with Crippen LogP contribution >= 0.6 is 0 Å². The topological polar surface area (TPSA) is 32.5 Å². The summed E-state index contributed by atoms with van der Waals surface area (Å²) in [6.07, 6.45) is 0.954. The summed E-state index contributed by atoms with van der Waals surface area (Å²) < 4.78 is 0. The Bertz CT molecular complexity index is 387. The number of nitrogens with two attached hydrogens (primary N) is 1. The number of benzene rings is 1. The van der Waals surface area contributed by atoms with Crippen LogP contribution in [0.4, 0.5) is 5.69 Å². The van der Waals surface area contributed by atoms with Crippen LogP contribution < -0.4 is 10.6 Å². The molecule has 0 saturated carbocycles. The average Bonchev–Trinajstić information content (AvgIpc) is 2.35. The molecule has 2 rings (SSSR count). The molecular weight excluding hydrogens is 234 g/mol. The third-order valence-electron chi connectivity index (χ3n) is 4.22. The zero-order valence-electron chi connectivity index (χ0n) is 12.6. The van der Waals surface area contributed by atoms with Gasteiger partial charge in [0, 0.05) is 36.9 Å². The van der Waals surface area contributed by atoms with Gasteiger partial charge in [-0.2, -0.15) is 0 Å². The van der Waals surface area contributed by atoms with Gasteiger partial charge in [-0.15, -0.1) is 0 Å². The second-order valence-electron chi connectivity index (χ2n) is 6.12. The Morgan fingerprint density at radius 2 is 1.68 bits per heavy atom. The first-order chi connectivity index (χ1) is 8.97. The first-order valence-electron chi connectivity index (χ1n) is 7.28. The summed E-state index contributed by atoms with van der Waals surface area (Å²) in [7, 11) is 2.22. The van der Waals surface area contributed by atoms with Crippen molar-refractivity contribution < 1.29 is 0 Å². The minimum atomic E-state index is 0.231. The van der Waals surface area contributed by atoms with Gasteiger partial charge < -0.3 is 10.6 Å². The van der Waals surface area contributed by atoms with Gasteiger partial charge in [-0.25, -0.2) is 0 Å². The summed E-state index contributed by atoms with van der Waals surface area (Å²) in [5.41, 5.74) is 8.50. The van der Waals surface area contributed by atoms with E-state index in [1.807, 2.05) is 0 Å². The highest BCUT2D eigenvalue weighted by atomic mass is 15.3. The fraction of sp³-hybridized carbons (Fsp3) is 0.625. The summed E-state index contributed by atoms with van der Waals surface area (Å²) in [5.74, 6) is 0. The fourth-order valence-electron chi connectivity index (χ4n) is 2.83. The van der Waals surface area contributed by atoms with Crippen LogP contribution in [0.1, 0.15) is 26.3 Å². The molecule has 2 N–H and O–H groups in total. The fourth-order valence-corrected chi connectivity index (χ4v) is 2.83. The zero-order chi connectivity index (χ0) is 14.0. The Labute approximate surface area is 117 Å². The molecule has 0 spiro atoms. The monoisotopic (exact) mass is 261 g/mol. The molecule has 3 atom stereocenters. The number of likely N-dealkylation sites (N-methyl/N-ethyl adjacent to an activating group) is 1. The quantitative estimate of drug-likeness (QED) is 0.904. The molecule has 0 aromatic heterocycles. The van der Waals surface area contributed by atoms with Gasteiger partial charge in [0.25, 0.3) is 0 Å². The molecule has 1 heterocycles. The van der Waals surface area contributed by atoms with E-state index in [0.717, 1.165) is 19.5 Å². The summed E-state index contributed by atoms with van der Waals surface area (Å²) in [5, 5.41) is 0. The van der Waals surface area contributed by atoms with Crippen LogP contribution in [0.2, 0.25) is 0 Å². The molecule has 106 valence electrons. The van der Waals surface area contributed by atoms with E-state index >= 15 is 0 Å². The number of nitrogens with zero attached hydrogens (tertiary/aromatic N) is 2. The lowest BCUT2D eigenvalue weighted by atomic mass is 10.1. The molecule has 0 radical (unpaired) electrons. The van der Waals surface area contributed by atoms with Crippen molar-refractivity contribution in [3.63, 3.8) is 0 Å². The van der Waals surface area contributed by atoms with Gasteiger partial charge in [0.2, 0.25) is 0 Å². The lowest BCUT2D eigenvalue weighted by Crippen LogP contribution is -2.55. The van der Waals surface area contributed by atoms with Crippen molar-refractivity contribution in [2.75, 3.05) is 25.0 Å². The van der Waals surface area contributed by atoms with Crippen molar-refractivity contribution in [2.24, 2.45) is 5.73 Å². The van der Waals surface area contributed by atoms with Crippen molar-refractivity contribution in [3.8, 4) is 0 Å². The summed E-state index contributed by atoms with van der Waals surface area (Å²) >= 11 is 0. The third kappa shape index (κ3) is 3.48. The first-order valence-corrected chi connectivity index (χ1v) is 7.28. The van der Waals surface area contributed by atoms with Crippen LogP contribution in [0.15, 0.2) is 24.3 Å². The minimum absolute atomic E-state index is 0.231. The van der Waals surface area contributed by atoms with Gasteiger partial charge in [0.1, 0.15) is 0 Å². The SMILES string of the molecule is CC(N)Cc1ccc(N2CC(C)N(C)C(C)C2)cc1. The maximum atomic E-state index is 5.84. The van der Waals surface area contributed by atoms with Crippen LogP contribution in [0.25, 0.3) is 0 Å².